The van der Waals surface area contributed by atoms with Gasteiger partial charge in [-0.25, -0.2) is 23.5 Å². The summed E-state index contributed by atoms with van der Waals surface area (Å²) in [5.41, 5.74) is 5.09. The topological polar surface area (TPSA) is 129 Å². The third kappa shape index (κ3) is 2.68. The van der Waals surface area contributed by atoms with Gasteiger partial charge in [-0.05, 0) is 24.8 Å². The average molecular weight is 350 g/mol. The lowest BCUT2D eigenvalue weighted by Crippen LogP contribution is -2.59. The van der Waals surface area contributed by atoms with Crippen LogP contribution >= 0.6 is 0 Å². The normalized spacial score (nSPS) is 32.0. The van der Waals surface area contributed by atoms with Gasteiger partial charge in [0.2, 0.25) is 10.0 Å². The molecule has 4 N–H and O–H groups in total. The summed E-state index contributed by atoms with van der Waals surface area (Å²) in [5.74, 6) is -0.471. The molecule has 0 aliphatic heterocycles. The second kappa shape index (κ2) is 6.02. The molecular weight excluding hydrogens is 328 g/mol. The summed E-state index contributed by atoms with van der Waals surface area (Å²) >= 11 is 0. The molecule has 1 aromatic rings. The van der Waals surface area contributed by atoms with Crippen LogP contribution in [0.1, 0.15) is 44.3 Å². The first-order valence-electron chi connectivity index (χ1n) is 8.12. The van der Waals surface area contributed by atoms with Crippen LogP contribution in [0.15, 0.2) is 30.6 Å². The fourth-order valence-corrected chi connectivity index (χ4v) is 5.25. The van der Waals surface area contributed by atoms with Crippen molar-refractivity contribution in [2.45, 2.75) is 48.8 Å². The molecule has 0 bridgehead atoms. The third-order valence-electron chi connectivity index (χ3n) is 5.18. The van der Waals surface area contributed by atoms with Crippen LogP contribution in [-0.2, 0) is 20.4 Å². The quantitative estimate of drug-likeness (QED) is 0.775. The Bertz CT molecular complexity index is 759. The van der Waals surface area contributed by atoms with Crippen molar-refractivity contribution in [1.82, 2.24) is 9.97 Å². The number of hydrogen-bond donors (Lipinski definition) is 2. The number of rotatable bonds is 3. The number of hydrogen-bond acceptors (Lipinski definition) is 6. The largest absolute Gasteiger partial charge is 0.315 e. The SMILES string of the molecule is NC1(c2ncccn2)C=CC(C2CCCCC2)(S(N)(=O)=O)C(=O)C1. The Hall–Kier alpha value is -1.64. The van der Waals surface area contributed by atoms with Gasteiger partial charge >= 0.3 is 0 Å². The van der Waals surface area contributed by atoms with Crippen molar-refractivity contribution in [3.05, 3.63) is 36.4 Å². The molecule has 1 saturated carbocycles. The highest BCUT2D eigenvalue weighted by Crippen LogP contribution is 2.43. The van der Waals surface area contributed by atoms with Crippen LogP contribution in [0, 0.1) is 5.92 Å². The predicted octanol–water partition coefficient (Wildman–Crippen LogP) is 0.767. The van der Waals surface area contributed by atoms with Crippen LogP contribution in [0.2, 0.25) is 0 Å². The minimum absolute atomic E-state index is 0.180. The van der Waals surface area contributed by atoms with E-state index in [9.17, 15) is 13.2 Å². The Labute approximate surface area is 141 Å². The Balaban J connectivity index is 2.07. The van der Waals surface area contributed by atoms with Crippen LogP contribution in [0.5, 0.6) is 0 Å². The zero-order valence-electron chi connectivity index (χ0n) is 13.4. The maximum absolute atomic E-state index is 13.0. The van der Waals surface area contributed by atoms with E-state index in [2.05, 4.69) is 9.97 Å². The second-order valence-corrected chi connectivity index (χ2v) is 8.48. The first-order chi connectivity index (χ1) is 11.3. The molecule has 7 nitrogen and oxygen atoms in total. The predicted molar refractivity (Wildman–Crippen MR) is 89.1 cm³/mol. The number of primary sulfonamides is 1. The molecule has 24 heavy (non-hydrogen) atoms. The summed E-state index contributed by atoms with van der Waals surface area (Å²) in [5, 5.41) is 5.52. The number of sulfonamides is 1. The number of ketones is 1. The van der Waals surface area contributed by atoms with Crippen molar-refractivity contribution in [2.24, 2.45) is 16.8 Å². The molecule has 8 heteroatoms. The molecule has 2 aliphatic carbocycles. The van der Waals surface area contributed by atoms with Gasteiger partial charge in [0, 0.05) is 18.8 Å². The van der Waals surface area contributed by atoms with Crippen molar-refractivity contribution < 1.29 is 13.2 Å². The minimum Gasteiger partial charge on any atom is -0.315 e. The van der Waals surface area contributed by atoms with E-state index in [-0.39, 0.29) is 12.3 Å². The smallest absolute Gasteiger partial charge is 0.225 e. The van der Waals surface area contributed by atoms with Crippen molar-refractivity contribution >= 4 is 15.8 Å². The molecule has 0 saturated heterocycles. The van der Waals surface area contributed by atoms with Gasteiger partial charge in [0.15, 0.2) is 16.4 Å². The number of nitrogens with two attached hydrogens (primary N) is 2. The van der Waals surface area contributed by atoms with Crippen LogP contribution in [0.3, 0.4) is 0 Å². The van der Waals surface area contributed by atoms with Gasteiger partial charge in [-0.15, -0.1) is 0 Å². The maximum atomic E-state index is 13.0. The first kappa shape index (κ1) is 17.2. The molecule has 2 atom stereocenters. The molecule has 130 valence electrons. The summed E-state index contributed by atoms with van der Waals surface area (Å²) in [7, 11) is -4.10. The highest BCUT2D eigenvalue weighted by Gasteiger charge is 2.56. The van der Waals surface area contributed by atoms with Crippen molar-refractivity contribution in [1.29, 1.82) is 0 Å². The molecule has 0 amide bonds. The summed E-state index contributed by atoms with van der Waals surface area (Å²) in [6, 6.07) is 1.65. The minimum atomic E-state index is -4.10. The molecule has 0 radical (unpaired) electrons. The molecule has 2 aliphatic rings. The van der Waals surface area contributed by atoms with E-state index in [1.165, 1.54) is 18.5 Å². The van der Waals surface area contributed by atoms with E-state index < -0.39 is 26.1 Å². The summed E-state index contributed by atoms with van der Waals surface area (Å²) in [4.78, 5) is 21.2. The zero-order chi connectivity index (χ0) is 17.4. The first-order valence-corrected chi connectivity index (χ1v) is 9.67. The number of aromatic nitrogens is 2. The third-order valence-corrected chi connectivity index (χ3v) is 6.82. The maximum Gasteiger partial charge on any atom is 0.225 e. The van der Waals surface area contributed by atoms with E-state index in [0.29, 0.717) is 18.7 Å². The summed E-state index contributed by atoms with van der Waals surface area (Å²) < 4.78 is 23.1. The summed E-state index contributed by atoms with van der Waals surface area (Å²) in [6.07, 6.45) is 10.0. The number of nitrogens with zero attached hydrogens (tertiary/aromatic N) is 2. The highest BCUT2D eigenvalue weighted by atomic mass is 32.2. The molecule has 0 spiro atoms. The molecule has 1 aromatic heterocycles. The van der Waals surface area contributed by atoms with Crippen molar-refractivity contribution in [3.8, 4) is 0 Å². The highest BCUT2D eigenvalue weighted by molar-refractivity contribution is 7.91. The lowest BCUT2D eigenvalue weighted by Gasteiger charge is -2.42. The van der Waals surface area contributed by atoms with Crippen LogP contribution in [0.4, 0.5) is 0 Å². The lowest BCUT2D eigenvalue weighted by molar-refractivity contribution is -0.123. The van der Waals surface area contributed by atoms with Crippen LogP contribution in [-0.4, -0.2) is 28.9 Å². The van der Waals surface area contributed by atoms with E-state index >= 15 is 0 Å². The van der Waals surface area contributed by atoms with Crippen molar-refractivity contribution in [2.75, 3.05) is 0 Å². The van der Waals surface area contributed by atoms with Gasteiger partial charge in [0.05, 0.1) is 0 Å². The average Bonchev–Trinajstić information content (AvgIpc) is 2.55. The monoisotopic (exact) mass is 350 g/mol. The van der Waals surface area contributed by atoms with Gasteiger partial charge in [-0.3, -0.25) is 4.79 Å². The van der Waals surface area contributed by atoms with E-state index in [4.69, 9.17) is 10.9 Å². The number of carbonyl (C=O) groups is 1. The van der Waals surface area contributed by atoms with Crippen LogP contribution in [0.25, 0.3) is 0 Å². The molecule has 1 fully saturated rings. The Morgan fingerprint density at radius 3 is 2.25 bits per heavy atom. The Morgan fingerprint density at radius 2 is 1.71 bits per heavy atom. The fourth-order valence-electron chi connectivity index (χ4n) is 3.90. The molecule has 1 heterocycles. The van der Waals surface area contributed by atoms with Crippen molar-refractivity contribution in [3.63, 3.8) is 0 Å². The van der Waals surface area contributed by atoms with Gasteiger partial charge in [-0.1, -0.05) is 31.4 Å². The van der Waals surface area contributed by atoms with E-state index in [1.54, 1.807) is 12.1 Å². The van der Waals surface area contributed by atoms with Gasteiger partial charge < -0.3 is 5.73 Å². The number of carbonyl (C=O) groups excluding carboxylic acids is 1. The van der Waals surface area contributed by atoms with Gasteiger partial charge in [-0.2, -0.15) is 0 Å². The Kier molecular flexibility index (Phi) is 4.31. The lowest BCUT2D eigenvalue weighted by atomic mass is 9.71. The number of Topliss-reactive ketones (excluding diaryl/α,β-unsaturated/α-hetero) is 1. The standard InChI is InChI=1S/C16H22N4O3S/c17-15(14-19-9-4-10-20-14)7-8-16(13(21)11-15,24(18,22)23)12-5-2-1-3-6-12/h4,7-10,12H,1-3,5-6,11,17H2,(H2,18,22,23). The fraction of sp³-hybridized carbons (Fsp3) is 0.562. The second-order valence-electron chi connectivity index (χ2n) is 6.72. The van der Waals surface area contributed by atoms with Crippen LogP contribution < -0.4 is 10.9 Å². The Morgan fingerprint density at radius 1 is 1.08 bits per heavy atom. The van der Waals surface area contributed by atoms with Gasteiger partial charge in [0.25, 0.3) is 0 Å². The van der Waals surface area contributed by atoms with E-state index in [1.807, 2.05) is 0 Å². The van der Waals surface area contributed by atoms with Gasteiger partial charge in [0.1, 0.15) is 5.54 Å². The van der Waals surface area contributed by atoms with E-state index in [0.717, 1.165) is 19.3 Å². The summed E-state index contributed by atoms with van der Waals surface area (Å²) in [6.45, 7) is 0. The molecule has 2 unspecified atom stereocenters. The molecule has 3 rings (SSSR count). The molecule has 0 aromatic carbocycles. The molecular formula is C16H22N4O3S. The zero-order valence-corrected chi connectivity index (χ0v) is 14.2.